The summed E-state index contributed by atoms with van der Waals surface area (Å²) in [6, 6.07) is 3.38. The fourth-order valence-corrected chi connectivity index (χ4v) is 6.92. The van der Waals surface area contributed by atoms with Crippen molar-refractivity contribution in [1.82, 2.24) is 24.0 Å². The normalized spacial score (nSPS) is 18.4. The molecule has 4 aromatic rings. The molecule has 0 bridgehead atoms. The number of hydrogen-bond acceptors (Lipinski definition) is 9. The number of aromatic nitrogens is 4. The van der Waals surface area contributed by atoms with Crippen molar-refractivity contribution in [1.29, 1.82) is 0 Å². The highest BCUT2D eigenvalue weighted by Crippen LogP contribution is 2.39. The van der Waals surface area contributed by atoms with Crippen LogP contribution in [0.3, 0.4) is 0 Å². The van der Waals surface area contributed by atoms with Crippen LogP contribution in [-0.2, 0) is 29.0 Å². The van der Waals surface area contributed by atoms with Gasteiger partial charge in [-0.25, -0.2) is 14.4 Å². The SMILES string of the molecule is C[C@H]1CN(C2COC2)CCN1c1cc(NC(=O)Cn2cc(-c3cc(C(N)=O)c(O)c(Cl)c3F)c3c(=O)n4c(nc32)CCC4)c(Cl)cn1. The second-order valence-electron chi connectivity index (χ2n) is 12.1. The number of nitrogens with one attached hydrogen (secondary N) is 1. The Labute approximate surface area is 277 Å². The van der Waals surface area contributed by atoms with E-state index < -0.39 is 39.5 Å². The molecular formula is C31H31Cl2FN8O5. The predicted octanol–water partition coefficient (Wildman–Crippen LogP) is 3.00. The Kier molecular flexibility index (Phi) is 8.07. The van der Waals surface area contributed by atoms with Crippen LogP contribution in [0.25, 0.3) is 22.2 Å². The van der Waals surface area contributed by atoms with Crippen molar-refractivity contribution in [3.05, 3.63) is 62.1 Å². The Bertz CT molecular complexity index is 2010. The number of halogens is 3. The van der Waals surface area contributed by atoms with Gasteiger partial charge >= 0.3 is 0 Å². The summed E-state index contributed by atoms with van der Waals surface area (Å²) in [5.74, 6) is -2.18. The van der Waals surface area contributed by atoms with Crippen LogP contribution in [0.15, 0.2) is 29.3 Å². The first-order valence-electron chi connectivity index (χ1n) is 15.2. The molecular weight excluding hydrogens is 654 g/mol. The van der Waals surface area contributed by atoms with Crippen molar-refractivity contribution < 1.29 is 23.8 Å². The number of nitrogens with two attached hydrogens (primary N) is 1. The fraction of sp³-hybridized carbons (Fsp3) is 0.387. The predicted molar refractivity (Wildman–Crippen MR) is 174 cm³/mol. The van der Waals surface area contributed by atoms with Crippen LogP contribution in [0.4, 0.5) is 15.9 Å². The van der Waals surface area contributed by atoms with Gasteiger partial charge in [-0.3, -0.25) is 23.9 Å². The van der Waals surface area contributed by atoms with Crippen molar-refractivity contribution in [3.8, 4) is 16.9 Å². The Balaban J connectivity index is 1.21. The van der Waals surface area contributed by atoms with Gasteiger partial charge in [-0.05, 0) is 19.4 Å². The zero-order valence-corrected chi connectivity index (χ0v) is 26.8. The monoisotopic (exact) mass is 684 g/mol. The number of aromatic hydroxyl groups is 1. The van der Waals surface area contributed by atoms with Gasteiger partial charge in [0, 0.05) is 62.0 Å². The molecule has 2 saturated heterocycles. The number of fused-ring (bicyclic) bond motifs is 2. The van der Waals surface area contributed by atoms with Gasteiger partial charge in [0.15, 0.2) is 5.82 Å². The summed E-state index contributed by atoms with van der Waals surface area (Å²) in [6.07, 6.45) is 4.15. The third-order valence-corrected chi connectivity index (χ3v) is 9.74. The summed E-state index contributed by atoms with van der Waals surface area (Å²) >= 11 is 12.5. The van der Waals surface area contributed by atoms with Crippen molar-refractivity contribution in [3.63, 3.8) is 0 Å². The number of amides is 2. The Morgan fingerprint density at radius 2 is 1.98 bits per heavy atom. The first kappa shape index (κ1) is 31.4. The third kappa shape index (κ3) is 5.48. The lowest BCUT2D eigenvalue weighted by Crippen LogP contribution is -2.59. The molecule has 2 amide bonds. The minimum atomic E-state index is -1.06. The molecule has 6 heterocycles. The number of benzene rings is 1. The van der Waals surface area contributed by atoms with Crippen molar-refractivity contribution >= 4 is 57.6 Å². The molecule has 1 atom stereocenters. The van der Waals surface area contributed by atoms with Crippen LogP contribution >= 0.6 is 23.2 Å². The van der Waals surface area contributed by atoms with Gasteiger partial charge in [-0.15, -0.1) is 0 Å². The van der Waals surface area contributed by atoms with Gasteiger partial charge in [0.05, 0.1) is 47.1 Å². The van der Waals surface area contributed by atoms with Gasteiger partial charge in [0.1, 0.15) is 34.6 Å². The van der Waals surface area contributed by atoms with Crippen LogP contribution in [0.5, 0.6) is 5.75 Å². The summed E-state index contributed by atoms with van der Waals surface area (Å²) in [5, 5.41) is 12.6. The van der Waals surface area contributed by atoms with Crippen molar-refractivity contribution in [2.24, 2.45) is 5.73 Å². The molecule has 246 valence electrons. The maximum absolute atomic E-state index is 15.5. The van der Waals surface area contributed by atoms with Crippen LogP contribution in [-0.4, -0.2) is 85.9 Å². The molecule has 16 heteroatoms. The largest absolute Gasteiger partial charge is 0.505 e. The number of hydrogen-bond donors (Lipinski definition) is 3. The van der Waals surface area contributed by atoms with Crippen molar-refractivity contribution in [2.45, 2.75) is 44.9 Å². The number of phenols is 1. The number of pyridine rings is 1. The fourth-order valence-electron chi connectivity index (χ4n) is 6.57. The summed E-state index contributed by atoms with van der Waals surface area (Å²) in [5.41, 5.74) is 4.86. The summed E-state index contributed by atoms with van der Waals surface area (Å²) in [7, 11) is 0. The van der Waals surface area contributed by atoms with Gasteiger partial charge < -0.3 is 30.4 Å². The Hall–Kier alpha value is -4.24. The zero-order valence-electron chi connectivity index (χ0n) is 25.3. The average Bonchev–Trinajstić information content (AvgIpc) is 3.62. The van der Waals surface area contributed by atoms with Crippen LogP contribution in [0.1, 0.15) is 29.5 Å². The second-order valence-corrected chi connectivity index (χ2v) is 12.9. The van der Waals surface area contributed by atoms with E-state index >= 15 is 4.39 Å². The number of nitrogens with zero attached hydrogens (tertiary/aromatic N) is 6. The highest BCUT2D eigenvalue weighted by molar-refractivity contribution is 6.34. The van der Waals surface area contributed by atoms with E-state index in [1.807, 2.05) is 0 Å². The number of piperazine rings is 1. The van der Waals surface area contributed by atoms with Gasteiger partial charge in [-0.1, -0.05) is 23.2 Å². The molecule has 0 unspecified atom stereocenters. The van der Waals surface area contributed by atoms with E-state index in [1.165, 1.54) is 21.5 Å². The molecule has 3 aromatic heterocycles. The lowest BCUT2D eigenvalue weighted by molar-refractivity contribution is -0.116. The van der Waals surface area contributed by atoms with Crippen molar-refractivity contribution in [2.75, 3.05) is 43.1 Å². The third-order valence-electron chi connectivity index (χ3n) is 9.09. The molecule has 13 nitrogen and oxygen atoms in total. The summed E-state index contributed by atoms with van der Waals surface area (Å²) in [6.45, 7) is 6.20. The Morgan fingerprint density at radius 1 is 1.19 bits per heavy atom. The van der Waals surface area contributed by atoms with E-state index in [0.717, 1.165) is 38.9 Å². The van der Waals surface area contributed by atoms with Gasteiger partial charge in [0.25, 0.3) is 11.5 Å². The molecule has 4 N–H and O–H groups in total. The van der Waals surface area contributed by atoms with E-state index in [4.69, 9.17) is 33.7 Å². The number of rotatable bonds is 7. The lowest BCUT2D eigenvalue weighted by atomic mass is 10.0. The molecule has 2 fully saturated rings. The molecule has 47 heavy (non-hydrogen) atoms. The molecule has 7 rings (SSSR count). The first-order valence-corrected chi connectivity index (χ1v) is 15.9. The summed E-state index contributed by atoms with van der Waals surface area (Å²) < 4.78 is 23.8. The summed E-state index contributed by atoms with van der Waals surface area (Å²) in [4.78, 5) is 53.0. The number of carbonyl (C=O) groups excluding carboxylic acids is 2. The van der Waals surface area contributed by atoms with E-state index in [1.54, 1.807) is 6.07 Å². The quantitative estimate of drug-likeness (QED) is 0.266. The molecule has 0 radical (unpaired) electrons. The van der Waals surface area contributed by atoms with Crippen LogP contribution < -0.4 is 21.5 Å². The standard InChI is InChI=1S/C31H31Cl2FN8O5/c1-15-10-39(16-13-47-14-16)5-6-41(15)23-8-21(20(32)9-36-23)37-24(43)12-40-11-19(17-7-18(29(35)45)28(44)26(33)27(17)34)25-30(40)38-22-3-2-4-42(22)31(25)46/h7-9,11,15-16,44H,2-6,10,12-14H2,1H3,(H2,35,45)(H,36,37,43)/t15-/m0/s1. The number of primary amides is 1. The lowest BCUT2D eigenvalue weighted by Gasteiger charge is -2.46. The van der Waals surface area contributed by atoms with E-state index in [-0.39, 0.29) is 39.8 Å². The Morgan fingerprint density at radius 3 is 2.68 bits per heavy atom. The molecule has 3 aliphatic heterocycles. The van der Waals surface area contributed by atoms with Crippen LogP contribution in [0, 0.1) is 5.82 Å². The van der Waals surface area contributed by atoms with E-state index in [0.29, 0.717) is 42.8 Å². The van der Waals surface area contributed by atoms with E-state index in [2.05, 4.69) is 32.0 Å². The molecule has 3 aliphatic rings. The van der Waals surface area contributed by atoms with Crippen LogP contribution in [0.2, 0.25) is 10.0 Å². The number of aryl methyl sites for hydroxylation is 1. The topological polar surface area (TPSA) is 161 Å². The average molecular weight is 686 g/mol. The smallest absolute Gasteiger partial charge is 0.263 e. The molecule has 0 aliphatic carbocycles. The number of carbonyl (C=O) groups is 2. The number of anilines is 2. The highest BCUT2D eigenvalue weighted by atomic mass is 35.5. The van der Waals surface area contributed by atoms with Gasteiger partial charge in [0.2, 0.25) is 5.91 Å². The second kappa shape index (κ2) is 12.1. The molecule has 0 saturated carbocycles. The molecule has 0 spiro atoms. The highest BCUT2D eigenvalue weighted by Gasteiger charge is 2.33. The molecule has 1 aromatic carbocycles. The van der Waals surface area contributed by atoms with E-state index in [9.17, 15) is 19.5 Å². The first-order chi connectivity index (χ1) is 22.5. The minimum Gasteiger partial charge on any atom is -0.505 e. The van der Waals surface area contributed by atoms with Gasteiger partial charge in [-0.2, -0.15) is 0 Å². The minimum absolute atomic E-state index is 0.0327. The number of ether oxygens (including phenoxy) is 1. The maximum Gasteiger partial charge on any atom is 0.263 e. The maximum atomic E-state index is 15.5. The zero-order chi connectivity index (χ0) is 33.1.